The van der Waals surface area contributed by atoms with E-state index in [2.05, 4.69) is 72.7 Å². The smallest absolute Gasteiger partial charge is 0.330 e. The van der Waals surface area contributed by atoms with Crippen molar-refractivity contribution in [3.8, 4) is 0 Å². The number of hydrogen-bond donors (Lipinski definition) is 2. The van der Waals surface area contributed by atoms with Gasteiger partial charge >= 0.3 is 5.69 Å². The Bertz CT molecular complexity index is 950. The lowest BCUT2D eigenvalue weighted by Crippen LogP contribution is -2.54. The maximum Gasteiger partial charge on any atom is 0.330 e. The summed E-state index contributed by atoms with van der Waals surface area (Å²) in [7, 11) is -4.42. The van der Waals surface area contributed by atoms with Crippen molar-refractivity contribution in [1.82, 2.24) is 9.55 Å². The second kappa shape index (κ2) is 9.36. The third-order valence-corrected chi connectivity index (χ3v) is 17.1. The van der Waals surface area contributed by atoms with Crippen LogP contribution in [0, 0.1) is 0 Å². The first-order valence-electron chi connectivity index (χ1n) is 11.4. The third kappa shape index (κ3) is 5.57. The van der Waals surface area contributed by atoms with E-state index in [0.29, 0.717) is 0 Å². The lowest BCUT2D eigenvalue weighted by molar-refractivity contribution is -0.140. The zero-order valence-corrected chi connectivity index (χ0v) is 24.4. The van der Waals surface area contributed by atoms with E-state index in [1.54, 1.807) is 0 Å². The Kier molecular flexibility index (Phi) is 8.08. The van der Waals surface area contributed by atoms with Gasteiger partial charge in [0, 0.05) is 12.3 Å². The van der Waals surface area contributed by atoms with E-state index < -0.39 is 57.8 Å². The fourth-order valence-corrected chi connectivity index (χ4v) is 6.09. The molecule has 2 heterocycles. The molecule has 0 spiro atoms. The van der Waals surface area contributed by atoms with Crippen LogP contribution in [0.15, 0.2) is 21.9 Å². The number of aliphatic hydroxyl groups excluding tert-OH is 1. The van der Waals surface area contributed by atoms with E-state index in [9.17, 15) is 14.7 Å². The number of aromatic nitrogens is 2. The zero-order chi connectivity index (χ0) is 25.6. The number of halogens is 1. The minimum Gasteiger partial charge on any atom is -0.414 e. The molecule has 0 aliphatic carbocycles. The highest BCUT2D eigenvalue weighted by Crippen LogP contribution is 2.45. The van der Waals surface area contributed by atoms with Crippen molar-refractivity contribution in [2.45, 2.75) is 101 Å². The van der Waals surface area contributed by atoms with E-state index >= 15 is 0 Å². The van der Waals surface area contributed by atoms with Crippen molar-refractivity contribution in [3.63, 3.8) is 0 Å². The Morgan fingerprint density at radius 1 is 1.12 bits per heavy atom. The monoisotopic (exact) mass is 520 g/mol. The number of aliphatic hydroxyl groups is 1. The van der Waals surface area contributed by atoms with Gasteiger partial charge in [-0.25, -0.2) is 4.79 Å². The third-order valence-electron chi connectivity index (χ3n) is 7.55. The van der Waals surface area contributed by atoms with Gasteiger partial charge in [-0.15, -0.1) is 11.6 Å². The lowest BCUT2D eigenvalue weighted by atomic mass is 10.1. The van der Waals surface area contributed by atoms with Crippen LogP contribution in [0.4, 0.5) is 0 Å². The largest absolute Gasteiger partial charge is 0.414 e. The first-order valence-corrected chi connectivity index (χ1v) is 17.6. The summed E-state index contributed by atoms with van der Waals surface area (Å²) < 4.78 is 20.6. The number of nitrogens with one attached hydrogen (secondary N) is 1. The van der Waals surface area contributed by atoms with Crippen molar-refractivity contribution >= 4 is 28.2 Å². The van der Waals surface area contributed by atoms with Crippen LogP contribution in [0.1, 0.15) is 41.5 Å². The molecule has 33 heavy (non-hydrogen) atoms. The summed E-state index contributed by atoms with van der Waals surface area (Å²) in [5, 5.41) is 9.45. The average molecular weight is 521 g/mol. The molecular formula is C22H41ClN2O6Si2. The number of H-pyrrole nitrogens is 1. The molecule has 1 fully saturated rings. The van der Waals surface area contributed by atoms with Gasteiger partial charge in [-0.2, -0.15) is 0 Å². The number of rotatable bonds is 7. The highest BCUT2D eigenvalue weighted by Gasteiger charge is 2.59. The normalized spacial score (nSPS) is 27.2. The van der Waals surface area contributed by atoms with Gasteiger partial charge in [0.05, 0.1) is 19.3 Å². The van der Waals surface area contributed by atoms with E-state index in [1.165, 1.54) is 12.3 Å². The van der Waals surface area contributed by atoms with Crippen LogP contribution < -0.4 is 11.2 Å². The molecule has 0 aromatic carbocycles. The number of aromatic amines is 1. The summed E-state index contributed by atoms with van der Waals surface area (Å²) in [6.07, 6.45) is 0.0674. The molecule has 190 valence electrons. The van der Waals surface area contributed by atoms with E-state index in [4.69, 9.17) is 25.2 Å². The quantitative estimate of drug-likeness (QED) is 0.420. The molecule has 4 atom stereocenters. The molecule has 0 bridgehead atoms. The molecule has 0 unspecified atom stereocenters. The fourth-order valence-electron chi connectivity index (χ4n) is 3.23. The summed E-state index contributed by atoms with van der Waals surface area (Å²) in [4.78, 5) is 26.5. The molecule has 1 aromatic heterocycles. The van der Waals surface area contributed by atoms with Crippen molar-refractivity contribution in [1.29, 1.82) is 0 Å². The topological polar surface area (TPSA) is 103 Å². The second-order valence-electron chi connectivity index (χ2n) is 12.0. The number of hydrogen-bond acceptors (Lipinski definition) is 6. The van der Waals surface area contributed by atoms with Gasteiger partial charge in [-0.05, 0) is 36.3 Å². The van der Waals surface area contributed by atoms with Crippen molar-refractivity contribution < 1.29 is 18.7 Å². The molecule has 0 saturated carbocycles. The Labute approximate surface area is 203 Å². The van der Waals surface area contributed by atoms with Crippen molar-refractivity contribution in [2.24, 2.45) is 0 Å². The van der Waals surface area contributed by atoms with Gasteiger partial charge < -0.3 is 18.7 Å². The van der Waals surface area contributed by atoms with Crippen LogP contribution in [-0.2, 0) is 19.3 Å². The molecule has 11 heteroatoms. The van der Waals surface area contributed by atoms with E-state index in [1.807, 2.05) is 0 Å². The minimum atomic E-state index is -2.30. The SMILES string of the molecule is CC(C)(C)[Si](C)(C)OC[C@H]1O[C@@](CO)(n2ccc(=O)[nH]c2=O)[C@@H](Cl)[C@@H]1O[Si](C)(C)C(C)(C)C. The van der Waals surface area contributed by atoms with Crippen molar-refractivity contribution in [2.75, 3.05) is 13.2 Å². The second-order valence-corrected chi connectivity index (χ2v) is 22.0. The average Bonchev–Trinajstić information content (AvgIpc) is 2.90. The molecule has 0 amide bonds. The van der Waals surface area contributed by atoms with E-state index in [-0.39, 0.29) is 16.7 Å². The molecule has 2 rings (SSSR count). The maximum atomic E-state index is 12.6. The van der Waals surface area contributed by atoms with Crippen LogP contribution in [-0.4, -0.2) is 62.1 Å². The number of nitrogens with zero attached hydrogens (tertiary/aromatic N) is 1. The van der Waals surface area contributed by atoms with Gasteiger partial charge in [0.1, 0.15) is 11.5 Å². The van der Waals surface area contributed by atoms with Crippen LogP contribution in [0.3, 0.4) is 0 Å². The fraction of sp³-hybridized carbons (Fsp3) is 0.818. The van der Waals surface area contributed by atoms with Gasteiger partial charge in [-0.1, -0.05) is 41.5 Å². The molecule has 2 N–H and O–H groups in total. The number of ether oxygens (including phenoxy) is 1. The maximum absolute atomic E-state index is 12.6. The summed E-state index contributed by atoms with van der Waals surface area (Å²) in [6.45, 7) is 21.0. The summed E-state index contributed by atoms with van der Waals surface area (Å²) in [6, 6.07) is 1.20. The number of alkyl halides is 1. The minimum absolute atomic E-state index is 0.00826. The summed E-state index contributed by atoms with van der Waals surface area (Å²) in [5.74, 6) is 0. The highest BCUT2D eigenvalue weighted by atomic mass is 35.5. The lowest BCUT2D eigenvalue weighted by Gasteiger charge is -2.41. The molecule has 0 radical (unpaired) electrons. The Morgan fingerprint density at radius 2 is 1.67 bits per heavy atom. The molecular weight excluding hydrogens is 480 g/mol. The molecule has 1 aliphatic rings. The molecule has 1 aliphatic heterocycles. The summed E-state index contributed by atoms with van der Waals surface area (Å²) >= 11 is 6.95. The Hall–Kier alpha value is -0.756. The Morgan fingerprint density at radius 3 is 2.12 bits per heavy atom. The standard InChI is InChI=1S/C22H41ClN2O6Si2/c1-20(2,3)32(7,8)29-13-15-17(31-33(9,10)21(4,5)6)18(23)22(14-26,30-15)25-12-11-16(27)24-19(25)28/h11-12,15,17-18,26H,13-14H2,1-10H3,(H,24,27,28)/t15-,17-,18+,22-/m1/s1. The van der Waals surface area contributed by atoms with Gasteiger partial charge in [-0.3, -0.25) is 14.3 Å². The van der Waals surface area contributed by atoms with Crippen molar-refractivity contribution in [3.05, 3.63) is 33.1 Å². The zero-order valence-electron chi connectivity index (χ0n) is 21.6. The van der Waals surface area contributed by atoms with E-state index in [0.717, 1.165) is 4.57 Å². The first-order chi connectivity index (χ1) is 14.8. The molecule has 1 saturated heterocycles. The molecule has 8 nitrogen and oxygen atoms in total. The van der Waals surface area contributed by atoms with Crippen LogP contribution >= 0.6 is 11.6 Å². The first kappa shape index (κ1) is 28.5. The predicted octanol–water partition coefficient (Wildman–Crippen LogP) is 3.60. The van der Waals surface area contributed by atoms with Gasteiger partial charge in [0.2, 0.25) is 0 Å². The Balaban J connectivity index is 2.52. The molecule has 1 aromatic rings. The van der Waals surface area contributed by atoms with Gasteiger partial charge in [0.15, 0.2) is 22.4 Å². The highest BCUT2D eigenvalue weighted by molar-refractivity contribution is 6.74. The summed E-state index contributed by atoms with van der Waals surface area (Å²) in [5.41, 5.74) is -2.85. The van der Waals surface area contributed by atoms with Crippen LogP contribution in [0.5, 0.6) is 0 Å². The van der Waals surface area contributed by atoms with Crippen LogP contribution in [0.2, 0.25) is 36.3 Å². The van der Waals surface area contributed by atoms with Gasteiger partial charge in [0.25, 0.3) is 5.56 Å². The predicted molar refractivity (Wildman–Crippen MR) is 136 cm³/mol. The van der Waals surface area contributed by atoms with Crippen LogP contribution in [0.25, 0.3) is 0 Å².